The van der Waals surface area contributed by atoms with Gasteiger partial charge in [0.05, 0.1) is 6.04 Å². The van der Waals surface area contributed by atoms with Crippen LogP contribution in [0, 0.1) is 0 Å². The van der Waals surface area contributed by atoms with Gasteiger partial charge in [-0.05, 0) is 14.0 Å². The van der Waals surface area contributed by atoms with Gasteiger partial charge in [0.2, 0.25) is 0 Å². The van der Waals surface area contributed by atoms with Crippen LogP contribution >= 0.6 is 0 Å². The Bertz CT molecular complexity index is 418. The molecule has 0 saturated heterocycles. The fourth-order valence-electron chi connectivity index (χ4n) is 1.72. The molecule has 0 radical (unpaired) electrons. The molecule has 2 N–H and O–H groups in total. The van der Waals surface area contributed by atoms with Gasteiger partial charge in [-0.3, -0.25) is 5.10 Å². The molecule has 0 aliphatic heterocycles. The SMILES string of the molecule is CCn1ccnc1CC(NC)c1ncn[nH]1. The first-order chi connectivity index (χ1) is 7.85. The lowest BCUT2D eigenvalue weighted by molar-refractivity contribution is 0.528. The number of nitrogens with one attached hydrogen (secondary N) is 2. The Kier molecular flexibility index (Phi) is 3.31. The number of aromatic amines is 1. The van der Waals surface area contributed by atoms with Gasteiger partial charge in [-0.1, -0.05) is 0 Å². The van der Waals surface area contributed by atoms with Crippen LogP contribution in [0.25, 0.3) is 0 Å². The van der Waals surface area contributed by atoms with E-state index in [0.717, 1.165) is 24.6 Å². The number of hydrogen-bond donors (Lipinski definition) is 2. The first-order valence-electron chi connectivity index (χ1n) is 5.37. The van der Waals surface area contributed by atoms with Crippen LogP contribution in [0.5, 0.6) is 0 Å². The van der Waals surface area contributed by atoms with E-state index in [9.17, 15) is 0 Å². The highest BCUT2D eigenvalue weighted by Gasteiger charge is 2.15. The average Bonchev–Trinajstić information content (AvgIpc) is 2.96. The molecular formula is C10H16N6. The summed E-state index contributed by atoms with van der Waals surface area (Å²) < 4.78 is 2.13. The van der Waals surface area contributed by atoms with Crippen molar-refractivity contribution >= 4 is 0 Å². The molecular weight excluding hydrogens is 204 g/mol. The molecule has 1 unspecified atom stereocenters. The number of likely N-dealkylation sites (N-methyl/N-ethyl adjacent to an activating group) is 1. The van der Waals surface area contributed by atoms with E-state index in [1.54, 1.807) is 0 Å². The lowest BCUT2D eigenvalue weighted by Gasteiger charge is -2.13. The highest BCUT2D eigenvalue weighted by atomic mass is 15.2. The molecule has 2 rings (SSSR count). The van der Waals surface area contributed by atoms with E-state index in [-0.39, 0.29) is 6.04 Å². The minimum absolute atomic E-state index is 0.121. The van der Waals surface area contributed by atoms with Gasteiger partial charge in [0.15, 0.2) is 0 Å². The van der Waals surface area contributed by atoms with Gasteiger partial charge in [0.1, 0.15) is 18.0 Å². The molecule has 2 aromatic rings. The summed E-state index contributed by atoms with van der Waals surface area (Å²) in [6.07, 6.45) is 6.13. The Balaban J connectivity index is 2.13. The molecule has 1 atom stereocenters. The van der Waals surface area contributed by atoms with Crippen molar-refractivity contribution < 1.29 is 0 Å². The summed E-state index contributed by atoms with van der Waals surface area (Å²) in [6.45, 7) is 3.04. The summed E-state index contributed by atoms with van der Waals surface area (Å²) >= 11 is 0. The van der Waals surface area contributed by atoms with Crippen molar-refractivity contribution in [3.05, 3.63) is 30.4 Å². The van der Waals surface area contributed by atoms with Gasteiger partial charge in [-0.2, -0.15) is 5.10 Å². The molecule has 6 heteroatoms. The van der Waals surface area contributed by atoms with Crippen molar-refractivity contribution in [2.45, 2.75) is 25.9 Å². The lowest BCUT2D eigenvalue weighted by atomic mass is 10.2. The van der Waals surface area contributed by atoms with Gasteiger partial charge in [0, 0.05) is 25.4 Å². The smallest absolute Gasteiger partial charge is 0.141 e. The quantitative estimate of drug-likeness (QED) is 0.770. The summed E-state index contributed by atoms with van der Waals surface area (Å²) in [5.74, 6) is 1.89. The molecule has 16 heavy (non-hydrogen) atoms. The normalized spacial score (nSPS) is 12.9. The first kappa shape index (κ1) is 10.8. The molecule has 0 spiro atoms. The third-order valence-corrected chi connectivity index (χ3v) is 2.64. The van der Waals surface area contributed by atoms with Gasteiger partial charge in [0.25, 0.3) is 0 Å². The Morgan fingerprint density at radius 2 is 2.38 bits per heavy atom. The standard InChI is InChI=1S/C10H16N6/c1-3-16-5-4-12-9(16)6-8(11-2)10-13-7-14-15-10/h4-5,7-8,11H,3,6H2,1-2H3,(H,13,14,15). The van der Waals surface area contributed by atoms with E-state index in [1.807, 2.05) is 19.4 Å². The number of hydrogen-bond acceptors (Lipinski definition) is 4. The molecule has 0 fully saturated rings. The molecule has 2 aromatic heterocycles. The number of H-pyrrole nitrogens is 1. The Morgan fingerprint density at radius 1 is 1.50 bits per heavy atom. The van der Waals surface area contributed by atoms with Gasteiger partial charge in [-0.25, -0.2) is 9.97 Å². The maximum Gasteiger partial charge on any atom is 0.141 e. The molecule has 0 saturated carbocycles. The van der Waals surface area contributed by atoms with E-state index in [4.69, 9.17) is 0 Å². The van der Waals surface area contributed by atoms with Crippen LogP contribution in [0.1, 0.15) is 24.6 Å². The maximum atomic E-state index is 4.35. The van der Waals surface area contributed by atoms with Crippen LogP contribution in [0.15, 0.2) is 18.7 Å². The Labute approximate surface area is 94.1 Å². The predicted octanol–water partition coefficient (Wildman–Crippen LogP) is 0.524. The van der Waals surface area contributed by atoms with Crippen molar-refractivity contribution in [2.24, 2.45) is 0 Å². The van der Waals surface area contributed by atoms with Crippen molar-refractivity contribution in [3.8, 4) is 0 Å². The minimum atomic E-state index is 0.121. The third-order valence-electron chi connectivity index (χ3n) is 2.64. The van der Waals surface area contributed by atoms with Crippen LogP contribution in [0.3, 0.4) is 0 Å². The number of aromatic nitrogens is 5. The van der Waals surface area contributed by atoms with Crippen molar-refractivity contribution in [2.75, 3.05) is 7.05 Å². The van der Waals surface area contributed by atoms with Gasteiger partial charge >= 0.3 is 0 Å². The molecule has 0 aliphatic carbocycles. The zero-order chi connectivity index (χ0) is 11.4. The zero-order valence-electron chi connectivity index (χ0n) is 9.51. The summed E-state index contributed by atoms with van der Waals surface area (Å²) in [6, 6.07) is 0.121. The van der Waals surface area contributed by atoms with Crippen LogP contribution in [0.4, 0.5) is 0 Å². The third kappa shape index (κ3) is 2.11. The molecule has 0 amide bonds. The highest BCUT2D eigenvalue weighted by Crippen LogP contribution is 2.12. The maximum absolute atomic E-state index is 4.35. The summed E-state index contributed by atoms with van der Waals surface area (Å²) in [7, 11) is 1.91. The van der Waals surface area contributed by atoms with E-state index in [0.29, 0.717) is 0 Å². The van der Waals surface area contributed by atoms with Crippen LogP contribution < -0.4 is 5.32 Å². The number of aryl methyl sites for hydroxylation is 1. The van der Waals surface area contributed by atoms with Crippen LogP contribution in [-0.2, 0) is 13.0 Å². The second-order valence-corrected chi connectivity index (χ2v) is 3.55. The molecule has 0 bridgehead atoms. The fourth-order valence-corrected chi connectivity index (χ4v) is 1.72. The fraction of sp³-hybridized carbons (Fsp3) is 0.500. The molecule has 2 heterocycles. The molecule has 0 aromatic carbocycles. The van der Waals surface area contributed by atoms with E-state index in [1.165, 1.54) is 6.33 Å². The highest BCUT2D eigenvalue weighted by molar-refractivity contribution is 5.01. The molecule has 86 valence electrons. The van der Waals surface area contributed by atoms with E-state index >= 15 is 0 Å². The van der Waals surface area contributed by atoms with Crippen molar-refractivity contribution in [3.63, 3.8) is 0 Å². The van der Waals surface area contributed by atoms with Gasteiger partial charge in [-0.15, -0.1) is 0 Å². The van der Waals surface area contributed by atoms with Crippen LogP contribution in [0.2, 0.25) is 0 Å². The van der Waals surface area contributed by atoms with E-state index in [2.05, 4.69) is 37.0 Å². The summed E-state index contributed by atoms with van der Waals surface area (Å²) in [4.78, 5) is 8.50. The topological polar surface area (TPSA) is 71.4 Å². The summed E-state index contributed by atoms with van der Waals surface area (Å²) in [5, 5.41) is 9.94. The largest absolute Gasteiger partial charge is 0.335 e. The molecule has 0 aliphatic rings. The molecule has 6 nitrogen and oxygen atoms in total. The van der Waals surface area contributed by atoms with Gasteiger partial charge < -0.3 is 9.88 Å². The number of rotatable bonds is 5. The first-order valence-corrected chi connectivity index (χ1v) is 5.37. The predicted molar refractivity (Wildman–Crippen MR) is 59.8 cm³/mol. The summed E-state index contributed by atoms with van der Waals surface area (Å²) in [5.41, 5.74) is 0. The number of imidazole rings is 1. The lowest BCUT2D eigenvalue weighted by Crippen LogP contribution is -2.22. The second-order valence-electron chi connectivity index (χ2n) is 3.55. The van der Waals surface area contributed by atoms with Crippen molar-refractivity contribution in [1.29, 1.82) is 0 Å². The van der Waals surface area contributed by atoms with E-state index < -0.39 is 0 Å². The van der Waals surface area contributed by atoms with Crippen molar-refractivity contribution in [1.82, 2.24) is 30.0 Å². The monoisotopic (exact) mass is 220 g/mol. The number of nitrogens with zero attached hydrogens (tertiary/aromatic N) is 4. The van der Waals surface area contributed by atoms with Crippen LogP contribution in [-0.4, -0.2) is 31.8 Å². The average molecular weight is 220 g/mol. The second kappa shape index (κ2) is 4.89. The minimum Gasteiger partial charge on any atom is -0.335 e. The zero-order valence-corrected chi connectivity index (χ0v) is 9.51. The Hall–Kier alpha value is -1.69. The Morgan fingerprint density at radius 3 is 3.00 bits per heavy atom.